The monoisotopic (exact) mass is 1680 g/mol. The van der Waals surface area contributed by atoms with Crippen LogP contribution < -0.4 is 0 Å². The van der Waals surface area contributed by atoms with Crippen molar-refractivity contribution < 1.29 is 8.83 Å². The molecule has 0 atom stereocenters. The second kappa shape index (κ2) is 38.8. The van der Waals surface area contributed by atoms with Gasteiger partial charge in [0.25, 0.3) is 0 Å². The zero-order valence-corrected chi connectivity index (χ0v) is 77.8. The molecule has 0 unspecified atom stereocenters. The van der Waals surface area contributed by atoms with Crippen molar-refractivity contribution >= 4 is 171 Å². The minimum absolute atomic E-state index is 0.973. The molecule has 0 saturated heterocycles. The number of para-hydroxylation sites is 2. The summed E-state index contributed by atoms with van der Waals surface area (Å²) >= 11 is 5.68. The van der Waals surface area contributed by atoms with Gasteiger partial charge in [0, 0.05) is 82.1 Å². The molecule has 0 radical (unpaired) electrons. The normalized spacial score (nSPS) is 11.0. The van der Waals surface area contributed by atoms with Gasteiger partial charge >= 0.3 is 0 Å². The van der Waals surface area contributed by atoms with Gasteiger partial charge in [0.1, 0.15) is 22.3 Å². The molecular weight excluding hydrogens is 1570 g/mol. The molecule has 23 aromatic rings. The lowest BCUT2D eigenvalue weighted by Gasteiger charge is -2.05. The van der Waals surface area contributed by atoms with Crippen molar-refractivity contribution in [3.63, 3.8) is 0 Å². The first-order valence-electron chi connectivity index (χ1n) is 43.3. The third-order valence-electron chi connectivity index (χ3n) is 23.5. The van der Waals surface area contributed by atoms with Gasteiger partial charge in [-0.25, -0.2) is 0 Å². The maximum Gasteiger partial charge on any atom is 0.138 e. The molecule has 5 heteroatoms. The average Bonchev–Trinajstić information content (AvgIpc) is 1.61. The summed E-state index contributed by atoms with van der Waals surface area (Å²) in [7, 11) is 0. The van der Waals surface area contributed by atoms with Crippen molar-refractivity contribution in [2.45, 2.75) is 125 Å². The Morgan fingerprint density at radius 3 is 0.936 bits per heavy atom. The number of furan rings is 2. The van der Waals surface area contributed by atoms with Crippen LogP contribution in [-0.2, 0) is 0 Å². The van der Waals surface area contributed by atoms with Gasteiger partial charge in [-0.3, -0.25) is 0 Å². The van der Waals surface area contributed by atoms with E-state index in [0.29, 0.717) is 0 Å². The molecule has 2 nitrogen and oxygen atoms in total. The van der Waals surface area contributed by atoms with Crippen molar-refractivity contribution in [3.8, 4) is 11.1 Å². The summed E-state index contributed by atoms with van der Waals surface area (Å²) in [5, 5.41) is 21.4. The van der Waals surface area contributed by atoms with Crippen LogP contribution in [0.4, 0.5) is 0 Å². The fraction of sp³-hybridized carbons (Fsp3) is 0.150. The van der Waals surface area contributed by atoms with E-state index < -0.39 is 0 Å². The number of thiophene rings is 3. The van der Waals surface area contributed by atoms with Gasteiger partial charge in [-0.05, 0) is 290 Å². The fourth-order valence-corrected chi connectivity index (χ4v) is 20.2. The van der Waals surface area contributed by atoms with E-state index >= 15 is 0 Å². The highest BCUT2D eigenvalue weighted by atomic mass is 32.1. The third-order valence-corrected chi connectivity index (χ3v) is 27.3. The molecule has 0 bridgehead atoms. The lowest BCUT2D eigenvalue weighted by Crippen LogP contribution is -1.82. The van der Waals surface area contributed by atoms with Gasteiger partial charge < -0.3 is 8.83 Å². The minimum Gasteiger partial charge on any atom is -0.456 e. The average molecular weight is 1680 g/mol. The number of hydrogen-bond donors (Lipinski definition) is 0. The molecular formula is C120H110O2S3. The molecule has 0 N–H and O–H groups in total. The number of aryl methyl sites for hydroxylation is 18. The highest BCUT2D eigenvalue weighted by Crippen LogP contribution is 2.40. The molecule has 23 rings (SSSR count). The summed E-state index contributed by atoms with van der Waals surface area (Å²) in [6.45, 7) is 38.5. The summed E-state index contributed by atoms with van der Waals surface area (Å²) in [5.41, 5.74) is 30.4. The van der Waals surface area contributed by atoms with Crippen molar-refractivity contribution in [1.82, 2.24) is 0 Å². The zero-order valence-electron chi connectivity index (χ0n) is 75.4. The van der Waals surface area contributed by atoms with E-state index in [-0.39, 0.29) is 0 Å². The first-order valence-corrected chi connectivity index (χ1v) is 45.7. The Morgan fingerprint density at radius 1 is 0.168 bits per heavy atom. The highest BCUT2D eigenvalue weighted by molar-refractivity contribution is 7.26. The van der Waals surface area contributed by atoms with E-state index in [0.717, 1.165) is 22.3 Å². The topological polar surface area (TPSA) is 26.3 Å². The number of fused-ring (bicyclic) bond motifs is 18. The van der Waals surface area contributed by atoms with Crippen LogP contribution in [0.25, 0.3) is 148 Å². The summed E-state index contributed by atoms with van der Waals surface area (Å²) in [6, 6.07) is 121. The number of hydrogen-bond acceptors (Lipinski definition) is 5. The van der Waals surface area contributed by atoms with Gasteiger partial charge in [0.2, 0.25) is 0 Å². The standard InChI is InChI=1S/2C14H12O.3C14H12S.C14H14.3C12H12/c1-9-3-5-13-11(7-9)12-8-10(2)4-6-14(12)15-13;1-9-5-3-7-11-12-8-4-6-10(2)14(12)15-13(9)11;1-9-3-5-13-11(7-9)12-8-10(2)4-6-14(12)15-13;1-9-3-5-11-12-6-4-10(2)8-14(12)15-13(11)7-9;1-9-5-3-7-11-12-8-4-6-10(2)14(12)15-13(9)11;1-11-6-5-8-13(10-11)14-9-4-3-7-12(14)2;1-9-3-5-12-8-10(2)4-6-11(12)7-9;1-9-5-3-8-12-10(2)6-4-7-11(9)12;1-9-7-8-10(2)12-6-4-3-5-11(9)12/h5*3-8H,1-2H3;3-10H,1-2H3;3*3-8H,1-2H3. The Bertz CT molecular complexity index is 7160. The van der Waals surface area contributed by atoms with E-state index in [2.05, 4.69) is 452 Å². The molecule has 125 heavy (non-hydrogen) atoms. The number of benzene rings is 18. The van der Waals surface area contributed by atoms with Gasteiger partial charge in [-0.15, -0.1) is 34.0 Å². The largest absolute Gasteiger partial charge is 0.456 e. The molecule has 18 aromatic carbocycles. The van der Waals surface area contributed by atoms with Gasteiger partial charge in [-0.1, -0.05) is 318 Å². The molecule has 0 amide bonds. The molecule has 0 fully saturated rings. The van der Waals surface area contributed by atoms with E-state index in [4.69, 9.17) is 8.83 Å². The summed E-state index contributed by atoms with van der Waals surface area (Å²) in [4.78, 5) is 0. The Hall–Kier alpha value is -13.0. The Labute approximate surface area is 749 Å². The van der Waals surface area contributed by atoms with Gasteiger partial charge in [-0.2, -0.15) is 0 Å². The van der Waals surface area contributed by atoms with Crippen LogP contribution >= 0.6 is 34.0 Å². The smallest absolute Gasteiger partial charge is 0.138 e. The van der Waals surface area contributed by atoms with E-state index in [1.165, 1.54) is 226 Å². The first kappa shape index (κ1) is 86.9. The van der Waals surface area contributed by atoms with Crippen molar-refractivity contribution in [1.29, 1.82) is 0 Å². The van der Waals surface area contributed by atoms with Crippen LogP contribution in [0.15, 0.2) is 349 Å². The van der Waals surface area contributed by atoms with Crippen molar-refractivity contribution in [2.24, 2.45) is 0 Å². The lowest BCUT2D eigenvalue weighted by molar-refractivity contribution is 0.662. The summed E-state index contributed by atoms with van der Waals surface area (Å²) < 4.78 is 20.1. The Balaban J connectivity index is 0.000000109. The second-order valence-corrected chi connectivity index (χ2v) is 37.0. The molecule has 0 aliphatic carbocycles. The van der Waals surface area contributed by atoms with E-state index in [9.17, 15) is 0 Å². The van der Waals surface area contributed by atoms with Gasteiger partial charge in [0.15, 0.2) is 0 Å². The predicted molar refractivity (Wildman–Crippen MR) is 554 cm³/mol. The Kier molecular flexibility index (Phi) is 27.0. The highest BCUT2D eigenvalue weighted by Gasteiger charge is 2.13. The molecule has 5 heterocycles. The molecule has 0 aliphatic heterocycles. The zero-order chi connectivity index (χ0) is 87.7. The number of rotatable bonds is 1. The maximum absolute atomic E-state index is 5.91. The summed E-state index contributed by atoms with van der Waals surface area (Å²) in [6.07, 6.45) is 0. The summed E-state index contributed by atoms with van der Waals surface area (Å²) in [5.74, 6) is 0. The van der Waals surface area contributed by atoms with Crippen molar-refractivity contribution in [3.05, 3.63) is 440 Å². The lowest BCUT2D eigenvalue weighted by atomic mass is 9.99. The van der Waals surface area contributed by atoms with Crippen LogP contribution in [0.3, 0.4) is 0 Å². The second-order valence-electron chi connectivity index (χ2n) is 33.8. The maximum atomic E-state index is 5.91. The Morgan fingerprint density at radius 2 is 0.488 bits per heavy atom. The van der Waals surface area contributed by atoms with Crippen LogP contribution in [0, 0.1) is 125 Å². The molecule has 5 aromatic heterocycles. The molecule has 0 saturated carbocycles. The van der Waals surface area contributed by atoms with Gasteiger partial charge in [0.05, 0.1) is 0 Å². The first-order chi connectivity index (χ1) is 60.4. The van der Waals surface area contributed by atoms with Crippen LogP contribution in [0.5, 0.6) is 0 Å². The minimum atomic E-state index is 0.973. The molecule has 0 aliphatic rings. The van der Waals surface area contributed by atoms with Crippen LogP contribution in [0.2, 0.25) is 0 Å². The predicted octanol–water partition coefficient (Wildman–Crippen LogP) is 36.8. The quantitative estimate of drug-likeness (QED) is 0.164. The van der Waals surface area contributed by atoms with E-state index in [1.807, 2.05) is 46.1 Å². The van der Waals surface area contributed by atoms with Crippen LogP contribution in [0.1, 0.15) is 100 Å². The molecule has 620 valence electrons. The van der Waals surface area contributed by atoms with E-state index in [1.54, 1.807) is 0 Å². The van der Waals surface area contributed by atoms with Crippen molar-refractivity contribution in [2.75, 3.05) is 0 Å². The fourth-order valence-electron chi connectivity index (χ4n) is 16.6. The SMILES string of the molecule is Cc1ccc(C)c2ccccc12.Cc1ccc2c(c1)sc1cc(C)ccc12.Cc1ccc2cc(C)ccc2c1.Cc1ccc2oc3ccc(C)cc3c2c1.Cc1ccc2sc3ccc(C)cc3c2c1.Cc1cccc(-c2ccccc2C)c1.Cc1cccc2c(C)cccc12.Cc1cccc2c1oc1c(C)cccc12.Cc1cccc2c1sc1c(C)cccc12. The van der Waals surface area contributed by atoms with Crippen LogP contribution in [-0.4, -0.2) is 0 Å². The third kappa shape index (κ3) is 20.1. The molecule has 0 spiro atoms.